The lowest BCUT2D eigenvalue weighted by molar-refractivity contribution is 0.156. The number of hydrogen-bond donors (Lipinski definition) is 1. The molecule has 0 unspecified atom stereocenters. The second-order valence-corrected chi connectivity index (χ2v) is 13.8. The Bertz CT molecular complexity index is 1930. The van der Waals surface area contributed by atoms with Crippen molar-refractivity contribution in [2.75, 3.05) is 40.5 Å². The Morgan fingerprint density at radius 1 is 1.04 bits per heavy atom. The minimum absolute atomic E-state index is 0.146. The fourth-order valence-corrected chi connectivity index (χ4v) is 7.94. The number of aromatic nitrogens is 4. The van der Waals surface area contributed by atoms with Gasteiger partial charge < -0.3 is 24.0 Å². The Morgan fingerprint density at radius 2 is 1.80 bits per heavy atom. The topological polar surface area (TPSA) is 112 Å². The summed E-state index contributed by atoms with van der Waals surface area (Å²) in [5.41, 5.74) is 3.59. The molecule has 45 heavy (non-hydrogen) atoms. The highest BCUT2D eigenvalue weighted by Crippen LogP contribution is 2.40. The molecule has 0 saturated carbocycles. The van der Waals surface area contributed by atoms with Crippen LogP contribution in [-0.2, 0) is 16.6 Å². The molecular weight excluding hydrogens is 614 g/mol. The second kappa shape index (κ2) is 13.0. The number of ether oxygens (including phenoxy) is 2. The van der Waals surface area contributed by atoms with Gasteiger partial charge in [0.15, 0.2) is 11.4 Å². The van der Waals surface area contributed by atoms with Gasteiger partial charge in [0.2, 0.25) is 0 Å². The number of likely N-dealkylation sites (tertiary alicyclic amines) is 1. The molecule has 0 radical (unpaired) electrons. The first kappa shape index (κ1) is 31.3. The highest BCUT2D eigenvalue weighted by Gasteiger charge is 2.29. The van der Waals surface area contributed by atoms with Crippen molar-refractivity contribution >= 4 is 43.7 Å². The molecule has 238 valence electrons. The predicted octanol–water partition coefficient (Wildman–Crippen LogP) is 5.75. The molecule has 4 aromatic heterocycles. The van der Waals surface area contributed by atoms with E-state index in [0.717, 1.165) is 56.4 Å². The molecule has 6 rings (SSSR count). The van der Waals surface area contributed by atoms with E-state index < -0.39 is 10.0 Å². The largest absolute Gasteiger partial charge is 0.491 e. The number of aryl methyl sites for hydroxylation is 2. The van der Waals surface area contributed by atoms with E-state index in [1.54, 1.807) is 43.5 Å². The zero-order valence-corrected chi connectivity index (χ0v) is 27.3. The molecule has 10 nitrogen and oxygen atoms in total. The van der Waals surface area contributed by atoms with Crippen LogP contribution in [0.4, 0.5) is 0 Å². The fraction of sp³-hybridized carbons (Fsp3) is 0.394. The zero-order valence-electron chi connectivity index (χ0n) is 25.7. The minimum Gasteiger partial charge on any atom is -0.491 e. The maximum atomic E-state index is 14.3. The molecule has 5 heterocycles. The number of piperidine rings is 1. The number of nitrogens with zero attached hydrogens (tertiary/aromatic N) is 5. The third-order valence-electron chi connectivity index (χ3n) is 8.76. The Morgan fingerprint density at radius 3 is 2.49 bits per heavy atom. The van der Waals surface area contributed by atoms with Gasteiger partial charge in [0, 0.05) is 42.6 Å². The van der Waals surface area contributed by atoms with E-state index in [0.29, 0.717) is 51.3 Å². The Hall–Kier alpha value is -3.64. The lowest BCUT2D eigenvalue weighted by Gasteiger charge is -2.31. The summed E-state index contributed by atoms with van der Waals surface area (Å²) in [4.78, 5) is 11.9. The quantitative estimate of drug-likeness (QED) is 0.192. The maximum Gasteiger partial charge on any atom is 0.269 e. The molecule has 12 heteroatoms. The number of halogens is 1. The van der Waals surface area contributed by atoms with Crippen molar-refractivity contribution in [2.24, 2.45) is 5.92 Å². The summed E-state index contributed by atoms with van der Waals surface area (Å²) >= 11 is 6.60. The number of hydrogen-bond acceptors (Lipinski definition) is 8. The molecule has 5 aromatic rings. The van der Waals surface area contributed by atoms with E-state index in [1.165, 1.54) is 17.3 Å². The summed E-state index contributed by atoms with van der Waals surface area (Å²) in [5.74, 6) is 1.39. The molecule has 1 fully saturated rings. The first-order chi connectivity index (χ1) is 21.7. The normalized spacial score (nSPS) is 14.9. The van der Waals surface area contributed by atoms with Crippen molar-refractivity contribution < 1.29 is 23.0 Å². The van der Waals surface area contributed by atoms with Gasteiger partial charge >= 0.3 is 0 Å². The number of pyridine rings is 2. The van der Waals surface area contributed by atoms with Gasteiger partial charge in [-0.2, -0.15) is 0 Å². The molecule has 1 saturated heterocycles. The van der Waals surface area contributed by atoms with E-state index >= 15 is 0 Å². The summed E-state index contributed by atoms with van der Waals surface area (Å²) in [7, 11) is -0.986. The third-order valence-corrected chi connectivity index (χ3v) is 10.8. The van der Waals surface area contributed by atoms with Crippen LogP contribution in [0.2, 0.25) is 5.02 Å². The Kier molecular flexibility index (Phi) is 9.05. The van der Waals surface area contributed by atoms with Crippen molar-refractivity contribution in [3.05, 3.63) is 65.4 Å². The van der Waals surface area contributed by atoms with Crippen LogP contribution in [0.1, 0.15) is 31.2 Å². The SMILES string of the molecule is COc1cc2c(nc1OC)c(-c1cc3c(Cl)ccnc3n1S(=O)(=O)c1ccc(C)cc1)cn2CCCN1CCC(CCO)CC1. The van der Waals surface area contributed by atoms with Gasteiger partial charge in [0.05, 0.1) is 35.3 Å². The van der Waals surface area contributed by atoms with Crippen molar-refractivity contribution in [2.45, 2.75) is 44.0 Å². The second-order valence-electron chi connectivity index (χ2n) is 11.6. The molecule has 1 aliphatic rings. The van der Waals surface area contributed by atoms with Gasteiger partial charge in [-0.05, 0) is 82.4 Å². The zero-order chi connectivity index (χ0) is 31.7. The third kappa shape index (κ3) is 6.02. The smallest absolute Gasteiger partial charge is 0.269 e. The fourth-order valence-electron chi connectivity index (χ4n) is 6.27. The van der Waals surface area contributed by atoms with Crippen LogP contribution in [0.5, 0.6) is 11.6 Å². The standard InChI is InChI=1S/C33H38ClN5O5S/c1-22-5-7-24(8-6-22)45(41,42)39-28(19-25-27(34)9-13-35-32(25)39)26-21-38(29-20-30(43-2)33(44-3)36-31(26)29)15-4-14-37-16-10-23(11-17-37)12-18-40/h5-9,13,19-21,23,40H,4,10-12,14-18H2,1-3H3. The summed E-state index contributed by atoms with van der Waals surface area (Å²) in [6.07, 6.45) is 7.44. The Balaban J connectivity index is 1.45. The van der Waals surface area contributed by atoms with Gasteiger partial charge in [-0.15, -0.1) is 0 Å². The highest BCUT2D eigenvalue weighted by atomic mass is 35.5. The molecule has 0 amide bonds. The van der Waals surface area contributed by atoms with Crippen LogP contribution >= 0.6 is 11.6 Å². The molecule has 0 bridgehead atoms. The summed E-state index contributed by atoms with van der Waals surface area (Å²) in [6.45, 7) is 5.84. The van der Waals surface area contributed by atoms with Crippen molar-refractivity contribution in [3.63, 3.8) is 0 Å². The lowest BCUT2D eigenvalue weighted by Crippen LogP contribution is -2.35. The monoisotopic (exact) mass is 651 g/mol. The van der Waals surface area contributed by atoms with E-state index in [1.807, 2.05) is 19.2 Å². The van der Waals surface area contributed by atoms with Crippen LogP contribution in [0.25, 0.3) is 33.3 Å². The number of aliphatic hydroxyl groups excluding tert-OH is 1. The Labute approximate surface area is 268 Å². The average Bonchev–Trinajstić information content (AvgIpc) is 3.61. The van der Waals surface area contributed by atoms with Crippen LogP contribution < -0.4 is 9.47 Å². The molecule has 0 atom stereocenters. The van der Waals surface area contributed by atoms with Crippen LogP contribution in [0.3, 0.4) is 0 Å². The van der Waals surface area contributed by atoms with Crippen molar-refractivity contribution in [1.82, 2.24) is 23.4 Å². The van der Waals surface area contributed by atoms with Gasteiger partial charge in [-0.3, -0.25) is 0 Å². The average molecular weight is 652 g/mol. The number of fused-ring (bicyclic) bond motifs is 2. The predicted molar refractivity (Wildman–Crippen MR) is 176 cm³/mol. The van der Waals surface area contributed by atoms with Gasteiger partial charge in [-0.1, -0.05) is 29.3 Å². The molecule has 1 N–H and O–H groups in total. The molecule has 0 spiro atoms. The van der Waals surface area contributed by atoms with E-state index in [-0.39, 0.29) is 17.1 Å². The molecule has 1 aromatic carbocycles. The lowest BCUT2D eigenvalue weighted by atomic mass is 9.94. The van der Waals surface area contributed by atoms with Crippen molar-refractivity contribution in [3.8, 4) is 22.9 Å². The molecule has 1 aliphatic heterocycles. The summed E-state index contributed by atoms with van der Waals surface area (Å²) in [5, 5.41) is 10.2. The van der Waals surface area contributed by atoms with Gasteiger partial charge in [0.1, 0.15) is 5.52 Å². The summed E-state index contributed by atoms with van der Waals surface area (Å²) in [6, 6.07) is 12.1. The molecular formula is C33H38ClN5O5S. The van der Waals surface area contributed by atoms with Crippen LogP contribution in [0, 0.1) is 12.8 Å². The van der Waals surface area contributed by atoms with Gasteiger partial charge in [-0.25, -0.2) is 22.4 Å². The number of aliphatic hydroxyl groups is 1. The summed E-state index contributed by atoms with van der Waals surface area (Å²) < 4.78 is 43.1. The van der Waals surface area contributed by atoms with E-state index in [2.05, 4.69) is 14.5 Å². The maximum absolute atomic E-state index is 14.3. The highest BCUT2D eigenvalue weighted by molar-refractivity contribution is 7.90. The van der Waals surface area contributed by atoms with E-state index in [4.69, 9.17) is 26.1 Å². The number of methoxy groups -OCH3 is 2. The number of benzene rings is 1. The van der Waals surface area contributed by atoms with Crippen LogP contribution in [0.15, 0.2) is 59.8 Å². The first-order valence-electron chi connectivity index (χ1n) is 15.2. The van der Waals surface area contributed by atoms with E-state index in [9.17, 15) is 13.5 Å². The first-order valence-corrected chi connectivity index (χ1v) is 17.0. The van der Waals surface area contributed by atoms with Crippen LogP contribution in [-0.4, -0.2) is 77.4 Å². The number of rotatable bonds is 11. The van der Waals surface area contributed by atoms with Crippen molar-refractivity contribution in [1.29, 1.82) is 0 Å². The molecule has 0 aliphatic carbocycles. The minimum atomic E-state index is -4.08. The van der Waals surface area contributed by atoms with Gasteiger partial charge in [0.25, 0.3) is 15.9 Å².